The summed E-state index contributed by atoms with van der Waals surface area (Å²) >= 11 is 0. The van der Waals surface area contributed by atoms with E-state index in [1.54, 1.807) is 36.9 Å². The van der Waals surface area contributed by atoms with Crippen molar-refractivity contribution in [2.24, 2.45) is 5.41 Å². The number of anilines is 1. The summed E-state index contributed by atoms with van der Waals surface area (Å²) in [4.78, 5) is 24.9. The number of hydrogen-bond donors (Lipinski definition) is 2. The van der Waals surface area contributed by atoms with Crippen LogP contribution < -0.4 is 4.90 Å². The molecule has 1 rings (SSSR count). The maximum atomic E-state index is 12.5. The first-order valence-corrected chi connectivity index (χ1v) is 6.98. The minimum Gasteiger partial charge on any atom is -0.508 e. The Kier molecular flexibility index (Phi) is 5.35. The van der Waals surface area contributed by atoms with Crippen LogP contribution in [0.15, 0.2) is 18.2 Å². The van der Waals surface area contributed by atoms with Crippen molar-refractivity contribution < 1.29 is 19.8 Å². The predicted octanol–water partition coefficient (Wildman–Crippen LogP) is 2.94. The van der Waals surface area contributed by atoms with Crippen molar-refractivity contribution in [2.75, 3.05) is 11.4 Å². The second-order valence-corrected chi connectivity index (χ2v) is 6.02. The first-order chi connectivity index (χ1) is 9.66. The molecule has 0 fully saturated rings. The Morgan fingerprint density at radius 2 is 1.86 bits per heavy atom. The van der Waals surface area contributed by atoms with Crippen LogP contribution in [0.1, 0.15) is 39.2 Å². The molecule has 0 unspecified atom stereocenters. The smallest absolute Gasteiger partial charge is 0.303 e. The highest BCUT2D eigenvalue weighted by Gasteiger charge is 2.28. The van der Waals surface area contributed by atoms with E-state index < -0.39 is 11.4 Å². The number of hydrogen-bond acceptors (Lipinski definition) is 3. The Morgan fingerprint density at radius 3 is 2.38 bits per heavy atom. The summed E-state index contributed by atoms with van der Waals surface area (Å²) < 4.78 is 0. The second-order valence-electron chi connectivity index (χ2n) is 6.02. The number of carbonyl (C=O) groups excluding carboxylic acids is 1. The third kappa shape index (κ3) is 4.77. The summed E-state index contributed by atoms with van der Waals surface area (Å²) in [6, 6.07) is 4.88. The van der Waals surface area contributed by atoms with Gasteiger partial charge in [-0.05, 0) is 30.9 Å². The third-order valence-electron chi connectivity index (χ3n) is 3.36. The van der Waals surface area contributed by atoms with Crippen LogP contribution in [0, 0.1) is 12.3 Å². The van der Waals surface area contributed by atoms with E-state index in [4.69, 9.17) is 5.11 Å². The molecule has 0 aromatic heterocycles. The van der Waals surface area contributed by atoms with Gasteiger partial charge in [0.2, 0.25) is 5.91 Å². The van der Waals surface area contributed by atoms with Crippen molar-refractivity contribution >= 4 is 17.6 Å². The zero-order valence-corrected chi connectivity index (χ0v) is 13.0. The quantitative estimate of drug-likeness (QED) is 0.845. The molecule has 0 atom stereocenters. The van der Waals surface area contributed by atoms with Gasteiger partial charge in [0.05, 0.1) is 12.1 Å². The summed E-state index contributed by atoms with van der Waals surface area (Å²) in [5.41, 5.74) is 0.939. The van der Waals surface area contributed by atoms with Gasteiger partial charge in [-0.2, -0.15) is 0 Å². The number of aliphatic carboxylic acids is 1. The molecule has 0 spiro atoms. The molecule has 2 N–H and O–H groups in total. The first kappa shape index (κ1) is 17.0. The summed E-state index contributed by atoms with van der Waals surface area (Å²) in [5.74, 6) is -0.950. The fourth-order valence-corrected chi connectivity index (χ4v) is 2.35. The van der Waals surface area contributed by atoms with Crippen LogP contribution >= 0.6 is 0 Å². The molecule has 0 bridgehead atoms. The average molecular weight is 293 g/mol. The molecule has 1 aromatic rings. The average Bonchev–Trinajstić information content (AvgIpc) is 2.32. The van der Waals surface area contributed by atoms with Crippen LogP contribution in [-0.2, 0) is 9.59 Å². The second kappa shape index (κ2) is 6.61. The van der Waals surface area contributed by atoms with Gasteiger partial charge in [0.15, 0.2) is 0 Å². The molecule has 21 heavy (non-hydrogen) atoms. The number of carbonyl (C=O) groups is 2. The summed E-state index contributed by atoms with van der Waals surface area (Å²) in [5, 5.41) is 18.5. The number of phenolic OH excluding ortho intramolecular Hbond substituents is 1. The van der Waals surface area contributed by atoms with Gasteiger partial charge in [-0.15, -0.1) is 0 Å². The van der Waals surface area contributed by atoms with Crippen molar-refractivity contribution in [1.82, 2.24) is 0 Å². The molecule has 5 heteroatoms. The number of aromatic hydroxyl groups is 1. The topological polar surface area (TPSA) is 77.8 Å². The number of rotatable bonds is 6. The van der Waals surface area contributed by atoms with E-state index in [2.05, 4.69) is 0 Å². The fraction of sp³-hybridized carbons (Fsp3) is 0.500. The number of benzene rings is 1. The Morgan fingerprint density at radius 1 is 1.24 bits per heavy atom. The number of carboxylic acid groups (broad SMARTS) is 1. The predicted molar refractivity (Wildman–Crippen MR) is 81.5 cm³/mol. The van der Waals surface area contributed by atoms with Gasteiger partial charge < -0.3 is 15.1 Å². The van der Waals surface area contributed by atoms with Gasteiger partial charge in [-0.1, -0.05) is 19.9 Å². The lowest BCUT2D eigenvalue weighted by molar-refractivity contribution is -0.139. The van der Waals surface area contributed by atoms with Crippen LogP contribution in [0.3, 0.4) is 0 Å². The van der Waals surface area contributed by atoms with Crippen molar-refractivity contribution in [2.45, 2.75) is 40.5 Å². The van der Waals surface area contributed by atoms with Gasteiger partial charge in [-0.3, -0.25) is 9.59 Å². The molecule has 0 heterocycles. The molecule has 0 radical (unpaired) electrons. The molecular formula is C16H23NO4. The highest BCUT2D eigenvalue weighted by Crippen LogP contribution is 2.30. The molecule has 0 aliphatic rings. The SMILES string of the molecule is CCN(C(=O)CC(C)(C)CC(=O)O)c1cc(O)ccc1C. The molecule has 1 amide bonds. The van der Waals surface area contributed by atoms with E-state index in [-0.39, 0.29) is 24.5 Å². The van der Waals surface area contributed by atoms with E-state index in [0.717, 1.165) is 5.56 Å². The highest BCUT2D eigenvalue weighted by atomic mass is 16.4. The first-order valence-electron chi connectivity index (χ1n) is 6.98. The van der Waals surface area contributed by atoms with Gasteiger partial charge in [0, 0.05) is 19.0 Å². The monoisotopic (exact) mass is 293 g/mol. The maximum Gasteiger partial charge on any atom is 0.303 e. The van der Waals surface area contributed by atoms with E-state index in [1.807, 2.05) is 13.8 Å². The summed E-state index contributed by atoms with van der Waals surface area (Å²) in [6.07, 6.45) is 0.0809. The summed E-state index contributed by atoms with van der Waals surface area (Å²) in [6.45, 7) is 7.72. The molecule has 0 saturated heterocycles. The molecular weight excluding hydrogens is 270 g/mol. The van der Waals surface area contributed by atoms with Crippen molar-refractivity contribution in [3.05, 3.63) is 23.8 Å². The van der Waals surface area contributed by atoms with E-state index >= 15 is 0 Å². The largest absolute Gasteiger partial charge is 0.508 e. The summed E-state index contributed by atoms with van der Waals surface area (Å²) in [7, 11) is 0. The molecule has 116 valence electrons. The van der Waals surface area contributed by atoms with Crippen molar-refractivity contribution in [3.8, 4) is 5.75 Å². The molecule has 0 aliphatic carbocycles. The Balaban J connectivity index is 2.97. The molecule has 1 aromatic carbocycles. The highest BCUT2D eigenvalue weighted by molar-refractivity contribution is 5.94. The Bertz CT molecular complexity index is 537. The van der Waals surface area contributed by atoms with E-state index in [9.17, 15) is 14.7 Å². The molecule has 0 aliphatic heterocycles. The lowest BCUT2D eigenvalue weighted by atomic mass is 9.85. The van der Waals surface area contributed by atoms with Crippen molar-refractivity contribution in [3.63, 3.8) is 0 Å². The number of aryl methyl sites for hydroxylation is 1. The van der Waals surface area contributed by atoms with Gasteiger partial charge in [0.1, 0.15) is 5.75 Å². The van der Waals surface area contributed by atoms with Crippen LogP contribution in [-0.4, -0.2) is 28.6 Å². The normalized spacial score (nSPS) is 11.2. The van der Waals surface area contributed by atoms with Gasteiger partial charge in [-0.25, -0.2) is 0 Å². The molecule has 5 nitrogen and oxygen atoms in total. The standard InChI is InChI=1S/C16H23NO4/c1-5-17(13-8-12(18)7-6-11(13)2)14(19)9-16(3,4)10-15(20)21/h6-8,18H,5,9-10H2,1-4H3,(H,20,21). The van der Waals surface area contributed by atoms with Crippen LogP contribution in [0.5, 0.6) is 5.75 Å². The third-order valence-corrected chi connectivity index (χ3v) is 3.36. The number of nitrogens with zero attached hydrogens (tertiary/aromatic N) is 1. The van der Waals surface area contributed by atoms with Gasteiger partial charge in [0.25, 0.3) is 0 Å². The maximum absolute atomic E-state index is 12.5. The minimum atomic E-state index is -0.913. The Labute approximate surface area is 125 Å². The lowest BCUT2D eigenvalue weighted by Gasteiger charge is -2.28. The minimum absolute atomic E-state index is 0.0602. The zero-order valence-electron chi connectivity index (χ0n) is 13.0. The fourth-order valence-electron chi connectivity index (χ4n) is 2.35. The Hall–Kier alpha value is -2.04. The van der Waals surface area contributed by atoms with Crippen LogP contribution in [0.25, 0.3) is 0 Å². The number of amides is 1. The number of phenols is 1. The molecule has 0 saturated carbocycles. The van der Waals surface area contributed by atoms with Crippen molar-refractivity contribution in [1.29, 1.82) is 0 Å². The van der Waals surface area contributed by atoms with Crippen LogP contribution in [0.2, 0.25) is 0 Å². The number of carboxylic acids is 1. The van der Waals surface area contributed by atoms with E-state index in [0.29, 0.717) is 12.2 Å². The van der Waals surface area contributed by atoms with E-state index in [1.165, 1.54) is 0 Å². The van der Waals surface area contributed by atoms with Gasteiger partial charge >= 0.3 is 5.97 Å². The zero-order chi connectivity index (χ0) is 16.2. The van der Waals surface area contributed by atoms with Crippen LogP contribution in [0.4, 0.5) is 5.69 Å². The lowest BCUT2D eigenvalue weighted by Crippen LogP contribution is -2.35.